The summed E-state index contributed by atoms with van der Waals surface area (Å²) >= 11 is 0. The van der Waals surface area contributed by atoms with Gasteiger partial charge < -0.3 is 20.5 Å². The van der Waals surface area contributed by atoms with Gasteiger partial charge in [0.05, 0.1) is 6.04 Å². The molecule has 3 amide bonds. The predicted molar refractivity (Wildman–Crippen MR) is 85.2 cm³/mol. The molecule has 1 aromatic rings. The molecule has 1 aromatic heterocycles. The molecule has 6 nitrogen and oxygen atoms in total. The number of aryl methyl sites for hydroxylation is 1. The summed E-state index contributed by atoms with van der Waals surface area (Å²) in [5, 5.41) is 2.53. The van der Waals surface area contributed by atoms with E-state index in [0.717, 1.165) is 25.8 Å². The van der Waals surface area contributed by atoms with Crippen LogP contribution in [0.5, 0.6) is 0 Å². The molecule has 0 saturated carbocycles. The number of carbonyl (C=O) groups excluding carboxylic acids is 2. The van der Waals surface area contributed by atoms with Crippen molar-refractivity contribution in [1.82, 2.24) is 14.8 Å². The highest BCUT2D eigenvalue weighted by atomic mass is 16.2. The largest absolute Gasteiger partial charge is 0.353 e. The lowest BCUT2D eigenvalue weighted by atomic mass is 10.1. The molecule has 0 radical (unpaired) electrons. The highest BCUT2D eigenvalue weighted by molar-refractivity contribution is 5.77. The average molecular weight is 306 g/mol. The van der Waals surface area contributed by atoms with E-state index >= 15 is 0 Å². The molecule has 1 atom stereocenters. The zero-order chi connectivity index (χ0) is 15.9. The molecular weight excluding hydrogens is 280 g/mol. The van der Waals surface area contributed by atoms with E-state index in [1.54, 1.807) is 0 Å². The minimum absolute atomic E-state index is 0.166. The first-order chi connectivity index (χ1) is 10.6. The Hall–Kier alpha value is -1.98. The van der Waals surface area contributed by atoms with Crippen LogP contribution in [0.25, 0.3) is 0 Å². The van der Waals surface area contributed by atoms with E-state index in [4.69, 9.17) is 5.73 Å². The van der Waals surface area contributed by atoms with Gasteiger partial charge in [-0.3, -0.25) is 4.79 Å². The van der Waals surface area contributed by atoms with E-state index in [-0.39, 0.29) is 11.9 Å². The number of nitrogens with two attached hydrogens (primary N) is 1. The summed E-state index contributed by atoms with van der Waals surface area (Å²) in [4.78, 5) is 25.3. The van der Waals surface area contributed by atoms with Crippen LogP contribution in [0.15, 0.2) is 18.3 Å². The first-order valence-corrected chi connectivity index (χ1v) is 8.03. The van der Waals surface area contributed by atoms with Crippen molar-refractivity contribution in [3.05, 3.63) is 24.0 Å². The van der Waals surface area contributed by atoms with Crippen LogP contribution in [0.3, 0.4) is 0 Å². The lowest BCUT2D eigenvalue weighted by Gasteiger charge is -2.30. The molecule has 0 spiro atoms. The van der Waals surface area contributed by atoms with Crippen LogP contribution in [0.4, 0.5) is 4.79 Å². The van der Waals surface area contributed by atoms with Gasteiger partial charge in [0.2, 0.25) is 5.91 Å². The molecule has 2 heterocycles. The van der Waals surface area contributed by atoms with E-state index in [1.165, 1.54) is 12.1 Å². The third kappa shape index (κ3) is 4.26. The van der Waals surface area contributed by atoms with Gasteiger partial charge in [-0.05, 0) is 31.4 Å². The Balaban J connectivity index is 1.99. The Morgan fingerprint density at radius 1 is 1.36 bits per heavy atom. The Kier molecular flexibility index (Phi) is 5.86. The Morgan fingerprint density at radius 3 is 2.86 bits per heavy atom. The smallest absolute Gasteiger partial charge is 0.312 e. The molecule has 1 aliphatic rings. The topological polar surface area (TPSA) is 80.4 Å². The maximum Gasteiger partial charge on any atom is 0.312 e. The number of rotatable bonds is 5. The van der Waals surface area contributed by atoms with Crippen molar-refractivity contribution in [3.63, 3.8) is 0 Å². The van der Waals surface area contributed by atoms with Crippen molar-refractivity contribution < 1.29 is 9.59 Å². The van der Waals surface area contributed by atoms with Gasteiger partial charge in [0.15, 0.2) is 0 Å². The third-order valence-corrected chi connectivity index (χ3v) is 4.27. The first kappa shape index (κ1) is 16.4. The van der Waals surface area contributed by atoms with Crippen LogP contribution in [0.1, 0.15) is 50.3 Å². The van der Waals surface area contributed by atoms with E-state index < -0.39 is 6.03 Å². The average Bonchev–Trinajstić information content (AvgIpc) is 2.75. The summed E-state index contributed by atoms with van der Waals surface area (Å²) in [6.45, 7) is 1.27. The highest BCUT2D eigenvalue weighted by Gasteiger charge is 2.27. The summed E-state index contributed by atoms with van der Waals surface area (Å²) in [6.07, 6.45) is 7.51. The molecule has 2 rings (SSSR count). The van der Waals surface area contributed by atoms with Crippen LogP contribution in [-0.2, 0) is 11.8 Å². The van der Waals surface area contributed by atoms with Crippen molar-refractivity contribution in [1.29, 1.82) is 0 Å². The van der Waals surface area contributed by atoms with E-state index in [9.17, 15) is 9.59 Å². The number of likely N-dealkylation sites (tertiary alicyclic amines) is 1. The molecule has 6 heteroatoms. The van der Waals surface area contributed by atoms with E-state index in [0.29, 0.717) is 19.4 Å². The predicted octanol–water partition coefficient (Wildman–Crippen LogP) is 1.92. The molecule has 0 bridgehead atoms. The lowest BCUT2D eigenvalue weighted by Crippen LogP contribution is -2.36. The minimum atomic E-state index is -0.538. The van der Waals surface area contributed by atoms with Gasteiger partial charge in [0.25, 0.3) is 0 Å². The fourth-order valence-electron chi connectivity index (χ4n) is 3.13. The molecule has 0 aromatic carbocycles. The summed E-state index contributed by atoms with van der Waals surface area (Å²) in [6, 6.07) is 3.76. The number of hydrogen-bond acceptors (Lipinski definition) is 2. The summed E-state index contributed by atoms with van der Waals surface area (Å²) < 4.78 is 2.10. The molecule has 122 valence electrons. The molecule has 0 aliphatic carbocycles. The van der Waals surface area contributed by atoms with Crippen LogP contribution in [0, 0.1) is 0 Å². The number of aromatic nitrogens is 1. The van der Waals surface area contributed by atoms with Gasteiger partial charge >= 0.3 is 6.03 Å². The second kappa shape index (κ2) is 7.87. The summed E-state index contributed by atoms with van der Waals surface area (Å²) in [5.74, 6) is 0.166. The fourth-order valence-corrected chi connectivity index (χ4v) is 3.13. The van der Waals surface area contributed by atoms with Crippen LogP contribution < -0.4 is 11.1 Å². The van der Waals surface area contributed by atoms with Crippen molar-refractivity contribution in [2.24, 2.45) is 12.8 Å². The summed E-state index contributed by atoms with van der Waals surface area (Å²) in [5.41, 5.74) is 6.23. The molecule has 3 N–H and O–H groups in total. The Bertz CT molecular complexity index is 512. The van der Waals surface area contributed by atoms with Gasteiger partial charge in [-0.1, -0.05) is 12.8 Å². The number of primary amides is 1. The Labute approximate surface area is 131 Å². The van der Waals surface area contributed by atoms with Crippen molar-refractivity contribution in [3.8, 4) is 0 Å². The zero-order valence-corrected chi connectivity index (χ0v) is 13.3. The van der Waals surface area contributed by atoms with Gasteiger partial charge in [0, 0.05) is 38.4 Å². The number of hydrogen-bond donors (Lipinski definition) is 2. The standard InChI is InChI=1S/C16H26N4O2/c1-19-11-6-8-13(19)14-7-3-2-4-12-20(14)15(21)9-5-10-18-16(17)22/h6,8,11,14H,2-5,7,9-10,12H2,1H3,(H3,17,18,22). The van der Waals surface area contributed by atoms with Gasteiger partial charge in [-0.2, -0.15) is 0 Å². The SMILES string of the molecule is Cn1cccc1C1CCCCCN1C(=O)CCCNC(N)=O. The molecule has 22 heavy (non-hydrogen) atoms. The monoisotopic (exact) mass is 306 g/mol. The Morgan fingerprint density at radius 2 is 2.18 bits per heavy atom. The minimum Gasteiger partial charge on any atom is -0.353 e. The second-order valence-electron chi connectivity index (χ2n) is 5.89. The van der Waals surface area contributed by atoms with Gasteiger partial charge in [-0.25, -0.2) is 4.79 Å². The third-order valence-electron chi connectivity index (χ3n) is 4.27. The zero-order valence-electron chi connectivity index (χ0n) is 13.3. The highest BCUT2D eigenvalue weighted by Crippen LogP contribution is 2.30. The van der Waals surface area contributed by atoms with E-state index in [2.05, 4.69) is 16.0 Å². The molecule has 1 saturated heterocycles. The molecule has 1 unspecified atom stereocenters. The van der Waals surface area contributed by atoms with Crippen molar-refractivity contribution in [2.75, 3.05) is 13.1 Å². The van der Waals surface area contributed by atoms with Crippen LogP contribution >= 0.6 is 0 Å². The maximum absolute atomic E-state index is 12.6. The van der Waals surface area contributed by atoms with Crippen molar-refractivity contribution >= 4 is 11.9 Å². The molecular formula is C16H26N4O2. The maximum atomic E-state index is 12.6. The fraction of sp³-hybridized carbons (Fsp3) is 0.625. The van der Waals surface area contributed by atoms with Crippen LogP contribution in [0.2, 0.25) is 0 Å². The van der Waals surface area contributed by atoms with Crippen molar-refractivity contribution in [2.45, 2.75) is 44.6 Å². The van der Waals surface area contributed by atoms with E-state index in [1.807, 2.05) is 24.2 Å². The molecule has 1 aliphatic heterocycles. The molecule has 1 fully saturated rings. The number of nitrogens with zero attached hydrogens (tertiary/aromatic N) is 2. The van der Waals surface area contributed by atoms with Gasteiger partial charge in [-0.15, -0.1) is 0 Å². The normalized spacial score (nSPS) is 18.8. The van der Waals surface area contributed by atoms with Crippen LogP contribution in [-0.4, -0.2) is 34.5 Å². The van der Waals surface area contributed by atoms with Gasteiger partial charge in [0.1, 0.15) is 0 Å². The number of nitrogens with one attached hydrogen (secondary N) is 1. The quantitative estimate of drug-likeness (QED) is 0.815. The second-order valence-corrected chi connectivity index (χ2v) is 5.89. The lowest BCUT2D eigenvalue weighted by molar-refractivity contribution is -0.133. The first-order valence-electron chi connectivity index (χ1n) is 8.03. The summed E-state index contributed by atoms with van der Waals surface area (Å²) in [7, 11) is 2.03. The number of urea groups is 1. The number of carbonyl (C=O) groups is 2. The number of amides is 3.